The number of carbonyl (C=O) groups excluding carboxylic acids is 4. The Morgan fingerprint density at radius 1 is 0.337 bits per heavy atom. The van der Waals surface area contributed by atoms with Crippen molar-refractivity contribution in [1.82, 2.24) is 0 Å². The summed E-state index contributed by atoms with van der Waals surface area (Å²) in [5.74, 6) is -0.556. The Balaban J connectivity index is 5.23. The number of phosphoric ester groups is 2. The third-order valence-electron chi connectivity index (χ3n) is 15.8. The molecule has 6 atom stereocenters. The molecule has 510 valence electrons. The van der Waals surface area contributed by atoms with Crippen molar-refractivity contribution in [3.05, 3.63) is 0 Å². The lowest BCUT2D eigenvalue weighted by molar-refractivity contribution is -0.161. The van der Waals surface area contributed by atoms with Gasteiger partial charge in [0, 0.05) is 25.7 Å². The van der Waals surface area contributed by atoms with Crippen LogP contribution in [0.5, 0.6) is 0 Å². The van der Waals surface area contributed by atoms with Gasteiger partial charge in [-0.15, -0.1) is 0 Å². The van der Waals surface area contributed by atoms with E-state index in [0.29, 0.717) is 25.7 Å². The summed E-state index contributed by atoms with van der Waals surface area (Å²) in [6, 6.07) is 0. The van der Waals surface area contributed by atoms with Crippen molar-refractivity contribution in [2.24, 2.45) is 11.8 Å². The summed E-state index contributed by atoms with van der Waals surface area (Å²) in [6.07, 6.45) is 42.9. The van der Waals surface area contributed by atoms with E-state index in [4.69, 9.17) is 37.0 Å². The summed E-state index contributed by atoms with van der Waals surface area (Å²) < 4.78 is 68.1. The highest BCUT2D eigenvalue weighted by atomic mass is 31.2. The van der Waals surface area contributed by atoms with Crippen LogP contribution in [0.1, 0.15) is 337 Å². The average molecular weight is 1270 g/mol. The smallest absolute Gasteiger partial charge is 0.462 e. The summed E-state index contributed by atoms with van der Waals surface area (Å²) in [7, 11) is -9.89. The molecule has 0 aliphatic carbocycles. The average Bonchev–Trinajstić information content (AvgIpc) is 3.68. The fraction of sp³-hybridized carbons (Fsp3) is 0.940. The predicted octanol–water partition coefficient (Wildman–Crippen LogP) is 18.8. The zero-order valence-corrected chi connectivity index (χ0v) is 57.4. The Hall–Kier alpha value is -1.94. The number of ether oxygens (including phenoxy) is 4. The van der Waals surface area contributed by atoms with E-state index >= 15 is 0 Å². The normalized spacial score (nSPS) is 14.5. The minimum atomic E-state index is -4.95. The van der Waals surface area contributed by atoms with Gasteiger partial charge in [-0.25, -0.2) is 9.13 Å². The summed E-state index contributed by atoms with van der Waals surface area (Å²) in [4.78, 5) is 72.3. The molecule has 19 heteroatoms. The lowest BCUT2D eigenvalue weighted by Gasteiger charge is -2.21. The molecule has 0 spiro atoms. The topological polar surface area (TPSA) is 237 Å². The number of hydrogen-bond acceptors (Lipinski definition) is 15. The molecule has 0 rings (SSSR count). The van der Waals surface area contributed by atoms with Crippen LogP contribution in [0.25, 0.3) is 0 Å². The molecule has 0 amide bonds. The Morgan fingerprint density at radius 3 is 0.884 bits per heavy atom. The van der Waals surface area contributed by atoms with E-state index in [9.17, 15) is 43.2 Å². The first kappa shape index (κ1) is 84.1. The molecule has 0 fully saturated rings. The predicted molar refractivity (Wildman–Crippen MR) is 345 cm³/mol. The third-order valence-corrected chi connectivity index (χ3v) is 17.7. The van der Waals surface area contributed by atoms with Crippen molar-refractivity contribution in [2.45, 2.75) is 355 Å². The van der Waals surface area contributed by atoms with Gasteiger partial charge in [0.25, 0.3) is 0 Å². The van der Waals surface area contributed by atoms with Gasteiger partial charge in [0.1, 0.15) is 19.3 Å². The molecule has 0 aromatic carbocycles. The summed E-state index contributed by atoms with van der Waals surface area (Å²) >= 11 is 0. The Kier molecular flexibility index (Phi) is 58.0. The Morgan fingerprint density at radius 2 is 0.593 bits per heavy atom. The first-order valence-corrected chi connectivity index (χ1v) is 38.0. The van der Waals surface area contributed by atoms with Crippen LogP contribution < -0.4 is 0 Å². The maximum absolute atomic E-state index is 13.0. The quantitative estimate of drug-likeness (QED) is 0.0222. The van der Waals surface area contributed by atoms with E-state index in [1.54, 1.807) is 0 Å². The van der Waals surface area contributed by atoms with Gasteiger partial charge in [-0.05, 0) is 37.5 Å². The molecule has 0 aliphatic heterocycles. The van der Waals surface area contributed by atoms with Crippen molar-refractivity contribution >= 4 is 39.5 Å². The van der Waals surface area contributed by atoms with E-state index in [-0.39, 0.29) is 25.7 Å². The van der Waals surface area contributed by atoms with Gasteiger partial charge in [-0.1, -0.05) is 286 Å². The number of aliphatic hydroxyl groups excluding tert-OH is 1. The summed E-state index contributed by atoms with van der Waals surface area (Å²) in [6.45, 7) is 9.52. The first-order valence-electron chi connectivity index (χ1n) is 35.0. The second-order valence-electron chi connectivity index (χ2n) is 24.9. The van der Waals surface area contributed by atoms with Crippen molar-refractivity contribution in [2.75, 3.05) is 39.6 Å². The van der Waals surface area contributed by atoms with Crippen LogP contribution in [0.15, 0.2) is 0 Å². The first-order chi connectivity index (χ1) is 41.4. The maximum atomic E-state index is 13.0. The molecule has 0 aromatic rings. The van der Waals surface area contributed by atoms with Gasteiger partial charge in [-0.3, -0.25) is 37.3 Å². The molecule has 0 aliphatic rings. The van der Waals surface area contributed by atoms with Crippen LogP contribution in [0.2, 0.25) is 0 Å². The molecule has 0 bridgehead atoms. The number of rotatable bonds is 66. The number of unbranched alkanes of at least 4 members (excludes halogenated alkanes) is 35. The van der Waals surface area contributed by atoms with E-state index in [0.717, 1.165) is 108 Å². The van der Waals surface area contributed by atoms with Gasteiger partial charge in [-0.2, -0.15) is 0 Å². The van der Waals surface area contributed by atoms with E-state index in [1.807, 2.05) is 0 Å². The molecule has 0 saturated carbocycles. The van der Waals surface area contributed by atoms with Gasteiger partial charge in [0.05, 0.1) is 26.4 Å². The molecule has 0 saturated heterocycles. The second kappa shape index (κ2) is 59.4. The van der Waals surface area contributed by atoms with Crippen LogP contribution in [0, 0.1) is 11.8 Å². The van der Waals surface area contributed by atoms with Crippen LogP contribution in [0.3, 0.4) is 0 Å². The number of esters is 4. The molecular formula is C67H130O17P2. The molecule has 3 N–H and O–H groups in total. The van der Waals surface area contributed by atoms with Crippen LogP contribution in [-0.4, -0.2) is 96.7 Å². The molecule has 0 radical (unpaired) electrons. The van der Waals surface area contributed by atoms with Gasteiger partial charge < -0.3 is 33.8 Å². The second-order valence-corrected chi connectivity index (χ2v) is 27.8. The SMILES string of the molecule is CCCCCCCCCCCCC(=O)O[C@H](COC(=O)CCCCCCCCCC)COP(=O)(O)OC[C@H](O)COP(=O)(O)OC[C@@H](COC(=O)CCCCCCCCCCCCC(C)CC)OC(=O)CCCCCCCCCCCCCC(C)C. The van der Waals surface area contributed by atoms with Gasteiger partial charge in [0.15, 0.2) is 12.2 Å². The maximum Gasteiger partial charge on any atom is 0.472 e. The van der Waals surface area contributed by atoms with E-state index in [2.05, 4.69) is 41.5 Å². The van der Waals surface area contributed by atoms with Crippen molar-refractivity contribution in [3.8, 4) is 0 Å². The molecule has 3 unspecified atom stereocenters. The highest BCUT2D eigenvalue weighted by molar-refractivity contribution is 7.47. The van der Waals surface area contributed by atoms with E-state index < -0.39 is 97.5 Å². The molecule has 0 heterocycles. The van der Waals surface area contributed by atoms with Crippen molar-refractivity contribution < 1.29 is 80.2 Å². The molecule has 86 heavy (non-hydrogen) atoms. The number of carbonyl (C=O) groups is 4. The van der Waals surface area contributed by atoms with Gasteiger partial charge >= 0.3 is 39.5 Å². The zero-order chi connectivity index (χ0) is 63.6. The minimum Gasteiger partial charge on any atom is -0.462 e. The molecule has 17 nitrogen and oxygen atoms in total. The third kappa shape index (κ3) is 59.7. The fourth-order valence-corrected chi connectivity index (χ4v) is 11.6. The molecule has 0 aromatic heterocycles. The number of hydrogen-bond donors (Lipinski definition) is 3. The summed E-state index contributed by atoms with van der Waals surface area (Å²) in [5.41, 5.74) is 0. The largest absolute Gasteiger partial charge is 0.472 e. The number of phosphoric acid groups is 2. The lowest BCUT2D eigenvalue weighted by Crippen LogP contribution is -2.30. The highest BCUT2D eigenvalue weighted by Gasteiger charge is 2.30. The number of aliphatic hydroxyl groups is 1. The van der Waals surface area contributed by atoms with Crippen LogP contribution in [0.4, 0.5) is 0 Å². The van der Waals surface area contributed by atoms with Crippen molar-refractivity contribution in [1.29, 1.82) is 0 Å². The molecular weight excluding hydrogens is 1140 g/mol. The Bertz CT molecular complexity index is 1690. The Labute approximate surface area is 524 Å². The van der Waals surface area contributed by atoms with E-state index in [1.165, 1.54) is 148 Å². The van der Waals surface area contributed by atoms with Crippen LogP contribution >= 0.6 is 15.6 Å². The van der Waals surface area contributed by atoms with Crippen LogP contribution in [-0.2, 0) is 65.4 Å². The zero-order valence-electron chi connectivity index (χ0n) is 55.6. The summed E-state index contributed by atoms with van der Waals surface area (Å²) in [5, 5.41) is 10.6. The standard InChI is InChI=1S/C67H130O17P2/c1-7-10-12-14-16-18-26-33-39-45-51-66(71)83-62(55-77-64(69)49-43-37-31-17-15-13-11-8-2)57-81-85(73,74)79-53-61(68)54-80-86(75,76)82-58-63(84-67(72)52-46-40-34-28-21-19-20-24-29-35-41-47-59(4)5)56-78-65(70)50-44-38-32-27-23-22-25-30-36-42-48-60(6)9-3/h59-63,68H,7-58H2,1-6H3,(H,73,74)(H,75,76)/t60?,61-,62+,63+/m0/s1. The minimum absolute atomic E-state index is 0.106. The van der Waals surface area contributed by atoms with Gasteiger partial charge in [0.2, 0.25) is 0 Å². The fourth-order valence-electron chi connectivity index (χ4n) is 10.0. The lowest BCUT2D eigenvalue weighted by atomic mass is 9.99. The monoisotopic (exact) mass is 1270 g/mol. The van der Waals surface area contributed by atoms with Crippen molar-refractivity contribution in [3.63, 3.8) is 0 Å². The highest BCUT2D eigenvalue weighted by Crippen LogP contribution is 2.45.